The quantitative estimate of drug-likeness (QED) is 0.806. The molecular formula is C12H14N4S. The Morgan fingerprint density at radius 2 is 2.18 bits per heavy atom. The van der Waals surface area contributed by atoms with Gasteiger partial charge in [-0.05, 0) is 18.2 Å². The lowest BCUT2D eigenvalue weighted by molar-refractivity contribution is 0.720. The molecule has 0 aliphatic heterocycles. The molecule has 0 fully saturated rings. The van der Waals surface area contributed by atoms with E-state index in [-0.39, 0.29) is 0 Å². The second-order valence-electron chi connectivity index (χ2n) is 3.71. The fourth-order valence-corrected chi connectivity index (χ4v) is 1.79. The van der Waals surface area contributed by atoms with Crippen molar-refractivity contribution >= 4 is 22.9 Å². The summed E-state index contributed by atoms with van der Waals surface area (Å²) in [4.78, 5) is 0.401. The van der Waals surface area contributed by atoms with Gasteiger partial charge in [-0.2, -0.15) is 5.10 Å². The summed E-state index contributed by atoms with van der Waals surface area (Å²) in [6, 6.07) is 9.71. The molecule has 17 heavy (non-hydrogen) atoms. The molecule has 0 aliphatic rings. The number of nitrogens with two attached hydrogens (primary N) is 1. The zero-order valence-corrected chi connectivity index (χ0v) is 10.4. The van der Waals surface area contributed by atoms with Crippen LogP contribution in [0.1, 0.15) is 11.3 Å². The summed E-state index contributed by atoms with van der Waals surface area (Å²) in [6.45, 7) is 0.691. The highest BCUT2D eigenvalue weighted by Gasteiger charge is 2.04. The number of nitrogens with zero attached hydrogens (tertiary/aromatic N) is 2. The van der Waals surface area contributed by atoms with E-state index in [0.717, 1.165) is 16.9 Å². The van der Waals surface area contributed by atoms with Crippen LogP contribution < -0.4 is 11.1 Å². The summed E-state index contributed by atoms with van der Waals surface area (Å²) in [6.07, 6.45) is 1.77. The van der Waals surface area contributed by atoms with E-state index in [4.69, 9.17) is 18.0 Å². The summed E-state index contributed by atoms with van der Waals surface area (Å²) < 4.78 is 1.83. The van der Waals surface area contributed by atoms with E-state index >= 15 is 0 Å². The van der Waals surface area contributed by atoms with Crippen molar-refractivity contribution in [1.82, 2.24) is 9.78 Å². The molecule has 0 atom stereocenters. The van der Waals surface area contributed by atoms with Gasteiger partial charge in [0.1, 0.15) is 4.99 Å². The van der Waals surface area contributed by atoms with E-state index < -0.39 is 0 Å². The van der Waals surface area contributed by atoms with Crippen LogP contribution in [-0.2, 0) is 13.6 Å². The number of rotatable bonds is 4. The van der Waals surface area contributed by atoms with Crippen molar-refractivity contribution in [2.75, 3.05) is 5.32 Å². The molecule has 0 saturated carbocycles. The average molecular weight is 246 g/mol. The summed E-state index contributed by atoms with van der Waals surface area (Å²) in [5.41, 5.74) is 8.58. The van der Waals surface area contributed by atoms with Gasteiger partial charge in [-0.15, -0.1) is 0 Å². The summed E-state index contributed by atoms with van der Waals surface area (Å²) in [7, 11) is 1.91. The first-order valence-corrected chi connectivity index (χ1v) is 5.69. The Morgan fingerprint density at radius 3 is 2.82 bits per heavy atom. The molecule has 3 N–H and O–H groups in total. The number of anilines is 1. The van der Waals surface area contributed by atoms with Crippen LogP contribution in [-0.4, -0.2) is 14.8 Å². The molecule has 0 unspecified atom stereocenters. The molecule has 5 heteroatoms. The Morgan fingerprint density at radius 1 is 1.41 bits per heavy atom. The maximum absolute atomic E-state index is 5.67. The molecular weight excluding hydrogens is 232 g/mol. The average Bonchev–Trinajstić information content (AvgIpc) is 2.72. The number of aromatic nitrogens is 2. The molecule has 0 radical (unpaired) electrons. The van der Waals surface area contributed by atoms with Crippen molar-refractivity contribution in [3.05, 3.63) is 47.8 Å². The minimum atomic E-state index is 0.401. The van der Waals surface area contributed by atoms with Crippen LogP contribution in [0.5, 0.6) is 0 Å². The molecule has 0 bridgehead atoms. The van der Waals surface area contributed by atoms with E-state index in [1.54, 1.807) is 6.20 Å². The SMILES string of the molecule is Cn1nccc1CNc1ccccc1C(N)=S. The highest BCUT2D eigenvalue weighted by Crippen LogP contribution is 2.15. The molecule has 88 valence electrons. The van der Waals surface area contributed by atoms with E-state index in [2.05, 4.69) is 10.4 Å². The molecule has 0 spiro atoms. The normalized spacial score (nSPS) is 10.2. The van der Waals surface area contributed by atoms with Crippen LogP contribution >= 0.6 is 12.2 Å². The Kier molecular flexibility index (Phi) is 3.39. The second-order valence-corrected chi connectivity index (χ2v) is 4.15. The minimum absolute atomic E-state index is 0.401. The van der Waals surface area contributed by atoms with Gasteiger partial charge in [0.2, 0.25) is 0 Å². The van der Waals surface area contributed by atoms with E-state index in [1.807, 2.05) is 42.1 Å². The Balaban J connectivity index is 2.14. The molecule has 4 nitrogen and oxygen atoms in total. The Bertz CT molecular complexity index is 533. The summed E-state index contributed by atoms with van der Waals surface area (Å²) >= 11 is 5.01. The summed E-state index contributed by atoms with van der Waals surface area (Å²) in [5, 5.41) is 7.42. The molecule has 0 amide bonds. The largest absolute Gasteiger partial charge is 0.389 e. The predicted octanol–water partition coefficient (Wildman–Crippen LogP) is 1.67. The third-order valence-electron chi connectivity index (χ3n) is 2.57. The zero-order valence-electron chi connectivity index (χ0n) is 9.55. The Hall–Kier alpha value is -1.88. The van der Waals surface area contributed by atoms with Crippen LogP contribution in [0.15, 0.2) is 36.5 Å². The van der Waals surface area contributed by atoms with Gasteiger partial charge in [0.25, 0.3) is 0 Å². The first kappa shape index (κ1) is 11.6. The first-order valence-electron chi connectivity index (χ1n) is 5.28. The van der Waals surface area contributed by atoms with Crippen molar-refractivity contribution < 1.29 is 0 Å². The van der Waals surface area contributed by atoms with Gasteiger partial charge < -0.3 is 11.1 Å². The number of para-hydroxylation sites is 1. The monoisotopic (exact) mass is 246 g/mol. The minimum Gasteiger partial charge on any atom is -0.389 e. The van der Waals surface area contributed by atoms with E-state index in [0.29, 0.717) is 11.5 Å². The number of nitrogens with one attached hydrogen (secondary N) is 1. The van der Waals surface area contributed by atoms with Gasteiger partial charge in [-0.3, -0.25) is 4.68 Å². The number of hydrogen-bond acceptors (Lipinski definition) is 3. The molecule has 0 saturated heterocycles. The highest BCUT2D eigenvalue weighted by atomic mass is 32.1. The standard InChI is InChI=1S/C12H14N4S/c1-16-9(6-7-15-16)8-14-11-5-3-2-4-10(11)12(13)17/h2-7,14H,8H2,1H3,(H2,13,17). The van der Waals surface area contributed by atoms with E-state index in [1.165, 1.54) is 0 Å². The van der Waals surface area contributed by atoms with Crippen LogP contribution in [0.4, 0.5) is 5.69 Å². The lowest BCUT2D eigenvalue weighted by atomic mass is 10.2. The van der Waals surface area contributed by atoms with Crippen LogP contribution in [0.3, 0.4) is 0 Å². The molecule has 2 aromatic rings. The smallest absolute Gasteiger partial charge is 0.106 e. The third kappa shape index (κ3) is 2.62. The predicted molar refractivity (Wildman–Crippen MR) is 72.9 cm³/mol. The van der Waals surface area contributed by atoms with Gasteiger partial charge in [-0.1, -0.05) is 24.4 Å². The molecule has 0 aliphatic carbocycles. The van der Waals surface area contributed by atoms with Crippen molar-refractivity contribution in [2.45, 2.75) is 6.54 Å². The maximum atomic E-state index is 5.67. The van der Waals surface area contributed by atoms with Crippen LogP contribution in [0.25, 0.3) is 0 Å². The van der Waals surface area contributed by atoms with Gasteiger partial charge in [0, 0.05) is 24.5 Å². The number of thiocarbonyl (C=S) groups is 1. The van der Waals surface area contributed by atoms with Gasteiger partial charge >= 0.3 is 0 Å². The maximum Gasteiger partial charge on any atom is 0.106 e. The molecule has 1 aromatic carbocycles. The van der Waals surface area contributed by atoms with Crippen LogP contribution in [0, 0.1) is 0 Å². The fourth-order valence-electron chi connectivity index (χ4n) is 1.61. The molecule has 1 heterocycles. The number of benzene rings is 1. The molecule has 2 rings (SSSR count). The lowest BCUT2D eigenvalue weighted by Crippen LogP contribution is -2.13. The van der Waals surface area contributed by atoms with Crippen molar-refractivity contribution in [3.8, 4) is 0 Å². The highest BCUT2D eigenvalue weighted by molar-refractivity contribution is 7.80. The van der Waals surface area contributed by atoms with Crippen molar-refractivity contribution in [3.63, 3.8) is 0 Å². The fraction of sp³-hybridized carbons (Fsp3) is 0.167. The number of aryl methyl sites for hydroxylation is 1. The summed E-state index contributed by atoms with van der Waals surface area (Å²) in [5.74, 6) is 0. The van der Waals surface area contributed by atoms with Gasteiger partial charge in [0.15, 0.2) is 0 Å². The second kappa shape index (κ2) is 4.97. The number of hydrogen-bond donors (Lipinski definition) is 2. The topological polar surface area (TPSA) is 55.9 Å². The Labute approximate surface area is 105 Å². The lowest BCUT2D eigenvalue weighted by Gasteiger charge is -2.10. The van der Waals surface area contributed by atoms with Crippen molar-refractivity contribution in [1.29, 1.82) is 0 Å². The first-order chi connectivity index (χ1) is 8.18. The van der Waals surface area contributed by atoms with Crippen LogP contribution in [0.2, 0.25) is 0 Å². The van der Waals surface area contributed by atoms with Gasteiger partial charge in [-0.25, -0.2) is 0 Å². The van der Waals surface area contributed by atoms with Gasteiger partial charge in [0.05, 0.1) is 12.2 Å². The molecule has 1 aromatic heterocycles. The van der Waals surface area contributed by atoms with E-state index in [9.17, 15) is 0 Å². The third-order valence-corrected chi connectivity index (χ3v) is 2.79. The van der Waals surface area contributed by atoms with Crippen molar-refractivity contribution in [2.24, 2.45) is 12.8 Å². The zero-order chi connectivity index (χ0) is 12.3.